The highest BCUT2D eigenvalue weighted by Crippen LogP contribution is 2.42. The van der Waals surface area contributed by atoms with Gasteiger partial charge in [-0.1, -0.05) is 18.2 Å². The van der Waals surface area contributed by atoms with Gasteiger partial charge in [-0.15, -0.1) is 0 Å². The Bertz CT molecular complexity index is 1150. The summed E-state index contributed by atoms with van der Waals surface area (Å²) < 4.78 is 0. The van der Waals surface area contributed by atoms with E-state index >= 15 is 0 Å². The van der Waals surface area contributed by atoms with Gasteiger partial charge in [-0.2, -0.15) is 0 Å². The third-order valence-electron chi connectivity index (χ3n) is 5.09. The Labute approximate surface area is 173 Å². The minimum absolute atomic E-state index is 0.00366. The molecule has 0 spiro atoms. The molecule has 0 saturated carbocycles. The smallest absolute Gasteiger partial charge is 0.300 e. The summed E-state index contributed by atoms with van der Waals surface area (Å²) in [6.07, 6.45) is 3.01. The number of phenols is 1. The van der Waals surface area contributed by atoms with E-state index < -0.39 is 17.7 Å². The van der Waals surface area contributed by atoms with E-state index in [2.05, 4.69) is 4.98 Å². The second kappa shape index (κ2) is 7.48. The number of hydrogen-bond donors (Lipinski definition) is 2. The van der Waals surface area contributed by atoms with Crippen LogP contribution in [0.1, 0.15) is 28.3 Å². The Balaban J connectivity index is 1.97. The highest BCUT2D eigenvalue weighted by Gasteiger charge is 2.47. The Morgan fingerprint density at radius 2 is 1.53 bits per heavy atom. The van der Waals surface area contributed by atoms with Crippen molar-refractivity contribution in [2.45, 2.75) is 19.9 Å². The molecule has 1 fully saturated rings. The van der Waals surface area contributed by atoms with E-state index in [1.807, 2.05) is 32.0 Å². The molecule has 1 aliphatic heterocycles. The molecule has 1 saturated heterocycles. The third-order valence-corrected chi connectivity index (χ3v) is 5.09. The number of pyridine rings is 1. The fourth-order valence-corrected chi connectivity index (χ4v) is 3.83. The number of aromatic hydroxyl groups is 1. The molecule has 2 aromatic carbocycles. The zero-order valence-corrected chi connectivity index (χ0v) is 16.5. The fraction of sp³-hybridized carbons (Fsp3) is 0.125. The molecule has 1 amide bonds. The van der Waals surface area contributed by atoms with Crippen molar-refractivity contribution in [1.82, 2.24) is 4.98 Å². The summed E-state index contributed by atoms with van der Waals surface area (Å²) in [5.74, 6) is -1.67. The van der Waals surface area contributed by atoms with Gasteiger partial charge < -0.3 is 10.2 Å². The number of nitrogens with zero attached hydrogens (tertiary/aromatic N) is 2. The molecule has 0 radical (unpaired) electrons. The van der Waals surface area contributed by atoms with Gasteiger partial charge in [0.1, 0.15) is 11.5 Å². The Morgan fingerprint density at radius 3 is 2.13 bits per heavy atom. The third kappa shape index (κ3) is 3.33. The van der Waals surface area contributed by atoms with Crippen molar-refractivity contribution in [3.63, 3.8) is 0 Å². The normalized spacial score (nSPS) is 18.1. The van der Waals surface area contributed by atoms with Gasteiger partial charge in [0, 0.05) is 23.6 Å². The predicted octanol–water partition coefficient (Wildman–Crippen LogP) is 4.03. The van der Waals surface area contributed by atoms with E-state index in [1.165, 1.54) is 29.4 Å². The molecule has 0 aliphatic carbocycles. The van der Waals surface area contributed by atoms with Crippen LogP contribution in [0.2, 0.25) is 0 Å². The zero-order chi connectivity index (χ0) is 21.4. The minimum Gasteiger partial charge on any atom is -0.508 e. The molecule has 2 N–H and O–H groups in total. The van der Waals surface area contributed by atoms with E-state index in [1.54, 1.807) is 24.3 Å². The Morgan fingerprint density at radius 1 is 0.933 bits per heavy atom. The lowest BCUT2D eigenvalue weighted by Gasteiger charge is -2.26. The van der Waals surface area contributed by atoms with Gasteiger partial charge in [0.05, 0.1) is 11.6 Å². The molecule has 150 valence electrons. The van der Waals surface area contributed by atoms with Gasteiger partial charge in [-0.25, -0.2) is 0 Å². The lowest BCUT2D eigenvalue weighted by molar-refractivity contribution is -0.132. The summed E-state index contributed by atoms with van der Waals surface area (Å²) in [6, 6.07) is 14.2. The standard InChI is InChI=1S/C24H20N2O4/c1-14-11-15(2)13-18(12-14)26-21(16-3-5-19(27)6-4-16)20(23(29)24(26)30)22(28)17-7-9-25-10-8-17/h3-13,21,27-28H,1-2H3/b22-20+. The quantitative estimate of drug-likeness (QED) is 0.394. The molecule has 0 bridgehead atoms. The lowest BCUT2D eigenvalue weighted by Crippen LogP contribution is -2.29. The van der Waals surface area contributed by atoms with Crippen LogP contribution in [0.4, 0.5) is 5.69 Å². The van der Waals surface area contributed by atoms with Gasteiger partial charge in [0.15, 0.2) is 0 Å². The van der Waals surface area contributed by atoms with Crippen LogP contribution in [-0.4, -0.2) is 26.9 Å². The number of Topliss-reactive ketones (excluding diaryl/α,β-unsaturated/α-hetero) is 1. The number of carbonyl (C=O) groups is 2. The van der Waals surface area contributed by atoms with Crippen molar-refractivity contribution in [2.75, 3.05) is 4.90 Å². The SMILES string of the molecule is Cc1cc(C)cc(N2C(=O)C(=O)/C(=C(/O)c3ccncc3)C2c2ccc(O)cc2)c1. The Kier molecular flexibility index (Phi) is 4.83. The summed E-state index contributed by atoms with van der Waals surface area (Å²) in [6.45, 7) is 3.83. The van der Waals surface area contributed by atoms with Crippen LogP contribution in [0.3, 0.4) is 0 Å². The fourth-order valence-electron chi connectivity index (χ4n) is 3.83. The number of aliphatic hydroxyl groups is 1. The van der Waals surface area contributed by atoms with Crippen LogP contribution in [0.25, 0.3) is 5.76 Å². The number of carbonyl (C=O) groups excluding carboxylic acids is 2. The van der Waals surface area contributed by atoms with Crippen molar-refractivity contribution < 1.29 is 19.8 Å². The first-order chi connectivity index (χ1) is 14.4. The first kappa shape index (κ1) is 19.4. The molecular weight excluding hydrogens is 380 g/mol. The summed E-state index contributed by atoms with van der Waals surface area (Å²) in [5, 5.41) is 20.7. The van der Waals surface area contributed by atoms with Gasteiger partial charge in [0.2, 0.25) is 0 Å². The second-order valence-corrected chi connectivity index (χ2v) is 7.34. The number of aromatic nitrogens is 1. The van der Waals surface area contributed by atoms with Crippen LogP contribution in [0.5, 0.6) is 5.75 Å². The number of ketones is 1. The van der Waals surface area contributed by atoms with Crippen LogP contribution < -0.4 is 4.90 Å². The summed E-state index contributed by atoms with van der Waals surface area (Å²) >= 11 is 0. The van der Waals surface area contributed by atoms with Crippen LogP contribution in [-0.2, 0) is 9.59 Å². The van der Waals surface area contributed by atoms with Crippen LogP contribution >= 0.6 is 0 Å². The minimum atomic E-state index is -0.833. The average Bonchev–Trinajstić information content (AvgIpc) is 2.99. The Hall–Kier alpha value is -3.93. The predicted molar refractivity (Wildman–Crippen MR) is 113 cm³/mol. The second-order valence-electron chi connectivity index (χ2n) is 7.34. The number of phenolic OH excluding ortho intramolecular Hbond substituents is 1. The van der Waals surface area contributed by atoms with E-state index in [-0.39, 0.29) is 17.1 Å². The van der Waals surface area contributed by atoms with E-state index in [0.29, 0.717) is 16.8 Å². The topological polar surface area (TPSA) is 90.7 Å². The highest BCUT2D eigenvalue weighted by molar-refractivity contribution is 6.51. The van der Waals surface area contributed by atoms with Crippen LogP contribution in [0, 0.1) is 13.8 Å². The van der Waals surface area contributed by atoms with Crippen LogP contribution in [0.15, 0.2) is 72.6 Å². The molecule has 6 heteroatoms. The summed E-state index contributed by atoms with van der Waals surface area (Å²) in [7, 11) is 0. The molecule has 1 atom stereocenters. The summed E-state index contributed by atoms with van der Waals surface area (Å²) in [4.78, 5) is 31.5. The number of rotatable bonds is 3. The lowest BCUT2D eigenvalue weighted by atomic mass is 9.95. The molecule has 1 aliphatic rings. The number of anilines is 1. The molecule has 4 rings (SSSR count). The van der Waals surface area contributed by atoms with Crippen molar-refractivity contribution >= 4 is 23.1 Å². The number of aryl methyl sites for hydroxylation is 2. The van der Waals surface area contributed by atoms with E-state index in [4.69, 9.17) is 0 Å². The largest absolute Gasteiger partial charge is 0.508 e. The van der Waals surface area contributed by atoms with Crippen molar-refractivity contribution in [1.29, 1.82) is 0 Å². The maximum atomic E-state index is 13.1. The van der Waals surface area contributed by atoms with Gasteiger partial charge in [-0.05, 0) is 66.9 Å². The van der Waals surface area contributed by atoms with Gasteiger partial charge >= 0.3 is 0 Å². The number of amides is 1. The number of benzene rings is 2. The first-order valence-corrected chi connectivity index (χ1v) is 9.45. The maximum absolute atomic E-state index is 13.1. The molecule has 2 heterocycles. The number of aliphatic hydroxyl groups excluding tert-OH is 1. The molecule has 1 aromatic heterocycles. The molecular formula is C24H20N2O4. The van der Waals surface area contributed by atoms with E-state index in [9.17, 15) is 19.8 Å². The highest BCUT2D eigenvalue weighted by atomic mass is 16.3. The number of hydrogen-bond acceptors (Lipinski definition) is 5. The zero-order valence-electron chi connectivity index (χ0n) is 16.5. The first-order valence-electron chi connectivity index (χ1n) is 9.45. The van der Waals surface area contributed by atoms with E-state index in [0.717, 1.165) is 11.1 Å². The molecule has 1 unspecified atom stereocenters. The van der Waals surface area contributed by atoms with Crippen molar-refractivity contribution in [3.05, 3.63) is 94.8 Å². The van der Waals surface area contributed by atoms with Crippen molar-refractivity contribution in [3.8, 4) is 5.75 Å². The monoisotopic (exact) mass is 400 g/mol. The summed E-state index contributed by atoms with van der Waals surface area (Å²) in [5.41, 5.74) is 3.46. The van der Waals surface area contributed by atoms with Crippen molar-refractivity contribution in [2.24, 2.45) is 0 Å². The average molecular weight is 400 g/mol. The maximum Gasteiger partial charge on any atom is 0.300 e. The molecule has 3 aromatic rings. The van der Waals surface area contributed by atoms with Gasteiger partial charge in [0.25, 0.3) is 11.7 Å². The van der Waals surface area contributed by atoms with Gasteiger partial charge in [-0.3, -0.25) is 19.5 Å². The molecule has 30 heavy (non-hydrogen) atoms. The molecule has 6 nitrogen and oxygen atoms in total.